The zero-order valence-electron chi connectivity index (χ0n) is 8.12. The number of nitrogens with one attached hydrogen (secondary N) is 1. The molecule has 0 aliphatic carbocycles. The Morgan fingerprint density at radius 2 is 1.85 bits per heavy atom. The van der Waals surface area contributed by atoms with E-state index in [4.69, 9.17) is 0 Å². The molecule has 0 aromatic heterocycles. The van der Waals surface area contributed by atoms with E-state index in [0.29, 0.717) is 6.54 Å². The van der Waals surface area contributed by atoms with Gasteiger partial charge in [0.25, 0.3) is 0 Å². The van der Waals surface area contributed by atoms with Gasteiger partial charge in [-0.2, -0.15) is 13.2 Å². The molecule has 0 bridgehead atoms. The Morgan fingerprint density at radius 3 is 2.31 bits per heavy atom. The fraction of sp³-hybridized carbons (Fsp3) is 1.00. The summed E-state index contributed by atoms with van der Waals surface area (Å²) in [5, 5.41) is 2.95. The molecular weight excluding hydrogens is 181 g/mol. The highest BCUT2D eigenvalue weighted by molar-refractivity contribution is 4.57. The van der Waals surface area contributed by atoms with Crippen LogP contribution < -0.4 is 5.32 Å². The largest absolute Gasteiger partial charge is 0.390 e. The summed E-state index contributed by atoms with van der Waals surface area (Å²) in [7, 11) is 3.54. The predicted molar refractivity (Wildman–Crippen MR) is 46.7 cm³/mol. The van der Waals surface area contributed by atoms with Crippen LogP contribution in [0.2, 0.25) is 0 Å². The Labute approximate surface area is 77.1 Å². The van der Waals surface area contributed by atoms with Crippen LogP contribution in [0.15, 0.2) is 0 Å². The van der Waals surface area contributed by atoms with Crippen LogP contribution in [-0.4, -0.2) is 44.8 Å². The number of hydrogen-bond acceptors (Lipinski definition) is 2. The molecule has 0 saturated carbocycles. The molecule has 2 nitrogen and oxygen atoms in total. The molecule has 13 heavy (non-hydrogen) atoms. The van der Waals surface area contributed by atoms with Gasteiger partial charge in [0.15, 0.2) is 0 Å². The second-order valence-corrected chi connectivity index (χ2v) is 3.13. The van der Waals surface area contributed by atoms with E-state index in [9.17, 15) is 13.2 Å². The Morgan fingerprint density at radius 1 is 1.23 bits per heavy atom. The van der Waals surface area contributed by atoms with Gasteiger partial charge in [0.2, 0.25) is 0 Å². The zero-order chi connectivity index (χ0) is 10.3. The van der Waals surface area contributed by atoms with Crippen molar-refractivity contribution in [3.8, 4) is 0 Å². The number of hydrogen-bond donors (Lipinski definition) is 1. The normalized spacial score (nSPS) is 12.5. The average molecular weight is 198 g/mol. The third kappa shape index (κ3) is 9.63. The van der Waals surface area contributed by atoms with Crippen molar-refractivity contribution >= 4 is 0 Å². The third-order valence-electron chi connectivity index (χ3n) is 1.74. The van der Waals surface area contributed by atoms with E-state index in [2.05, 4.69) is 5.32 Å². The van der Waals surface area contributed by atoms with Gasteiger partial charge in [-0.3, -0.25) is 0 Å². The molecular formula is C8H17F3N2. The monoisotopic (exact) mass is 198 g/mol. The molecule has 0 unspecified atom stereocenters. The first kappa shape index (κ1) is 12.7. The zero-order valence-corrected chi connectivity index (χ0v) is 8.12. The fourth-order valence-electron chi connectivity index (χ4n) is 0.955. The summed E-state index contributed by atoms with van der Waals surface area (Å²) in [6, 6.07) is 0. The molecule has 0 amide bonds. The summed E-state index contributed by atoms with van der Waals surface area (Å²) < 4.78 is 35.3. The lowest BCUT2D eigenvalue weighted by atomic mass is 10.3. The Hall–Kier alpha value is -0.290. The highest BCUT2D eigenvalue weighted by atomic mass is 19.4. The summed E-state index contributed by atoms with van der Waals surface area (Å²) in [6.45, 7) is 1.64. The van der Waals surface area contributed by atoms with Gasteiger partial charge in [-0.05, 0) is 33.6 Å². The molecule has 0 spiro atoms. The SMILES string of the molecule is CNCCCN(C)CCC(F)(F)F. The van der Waals surface area contributed by atoms with Crippen LogP contribution in [0.4, 0.5) is 13.2 Å². The van der Waals surface area contributed by atoms with E-state index in [1.54, 1.807) is 11.9 Å². The Kier molecular flexibility index (Phi) is 6.07. The van der Waals surface area contributed by atoms with Gasteiger partial charge in [0.1, 0.15) is 0 Å². The number of rotatable bonds is 6. The minimum Gasteiger partial charge on any atom is -0.320 e. The van der Waals surface area contributed by atoms with Crippen LogP contribution in [0.25, 0.3) is 0 Å². The quantitative estimate of drug-likeness (QED) is 0.650. The first-order valence-corrected chi connectivity index (χ1v) is 4.35. The van der Waals surface area contributed by atoms with Gasteiger partial charge in [0, 0.05) is 6.54 Å². The summed E-state index contributed by atoms with van der Waals surface area (Å²) >= 11 is 0. The lowest BCUT2D eigenvalue weighted by Gasteiger charge is -2.17. The summed E-state index contributed by atoms with van der Waals surface area (Å²) in [4.78, 5) is 1.70. The maximum absolute atomic E-state index is 11.8. The van der Waals surface area contributed by atoms with E-state index >= 15 is 0 Å². The molecule has 0 atom stereocenters. The maximum Gasteiger partial charge on any atom is 0.390 e. The molecule has 0 rings (SSSR count). The molecule has 1 N–H and O–H groups in total. The third-order valence-corrected chi connectivity index (χ3v) is 1.74. The van der Waals surface area contributed by atoms with Crippen molar-refractivity contribution in [2.75, 3.05) is 33.7 Å². The predicted octanol–water partition coefficient (Wildman–Crippen LogP) is 1.48. The molecule has 5 heteroatoms. The van der Waals surface area contributed by atoms with Crippen LogP contribution in [-0.2, 0) is 0 Å². The van der Waals surface area contributed by atoms with E-state index in [0.717, 1.165) is 13.0 Å². The van der Waals surface area contributed by atoms with E-state index in [-0.39, 0.29) is 6.54 Å². The molecule has 0 saturated heterocycles. The van der Waals surface area contributed by atoms with Crippen molar-refractivity contribution < 1.29 is 13.2 Å². The van der Waals surface area contributed by atoms with E-state index in [1.807, 2.05) is 7.05 Å². The van der Waals surface area contributed by atoms with Crippen LogP contribution in [0, 0.1) is 0 Å². The first-order valence-electron chi connectivity index (χ1n) is 4.35. The smallest absolute Gasteiger partial charge is 0.320 e. The van der Waals surface area contributed by atoms with Crippen molar-refractivity contribution in [3.63, 3.8) is 0 Å². The first-order chi connectivity index (χ1) is 5.95. The molecule has 0 aromatic carbocycles. The highest BCUT2D eigenvalue weighted by Crippen LogP contribution is 2.19. The van der Waals surface area contributed by atoms with Gasteiger partial charge in [-0.15, -0.1) is 0 Å². The van der Waals surface area contributed by atoms with Gasteiger partial charge >= 0.3 is 6.18 Å². The minimum absolute atomic E-state index is 0.0905. The molecule has 80 valence electrons. The van der Waals surface area contributed by atoms with Crippen molar-refractivity contribution in [3.05, 3.63) is 0 Å². The van der Waals surface area contributed by atoms with Gasteiger partial charge in [-0.1, -0.05) is 0 Å². The topological polar surface area (TPSA) is 15.3 Å². The van der Waals surface area contributed by atoms with Crippen molar-refractivity contribution in [2.45, 2.75) is 19.0 Å². The van der Waals surface area contributed by atoms with Gasteiger partial charge < -0.3 is 10.2 Å². The molecule has 0 aliphatic rings. The summed E-state index contributed by atoms with van der Waals surface area (Å²) in [5.74, 6) is 0. The molecule has 0 fully saturated rings. The Bertz CT molecular complexity index is 125. The number of nitrogens with zero attached hydrogens (tertiary/aromatic N) is 1. The highest BCUT2D eigenvalue weighted by Gasteiger charge is 2.26. The summed E-state index contributed by atoms with van der Waals surface area (Å²) in [6.07, 6.45) is -3.87. The van der Waals surface area contributed by atoms with Crippen LogP contribution in [0.5, 0.6) is 0 Å². The van der Waals surface area contributed by atoms with E-state index < -0.39 is 12.6 Å². The van der Waals surface area contributed by atoms with Gasteiger partial charge in [0.05, 0.1) is 6.42 Å². The average Bonchev–Trinajstić information content (AvgIpc) is 2.00. The molecule has 0 aromatic rings. The van der Waals surface area contributed by atoms with Crippen LogP contribution >= 0.6 is 0 Å². The number of alkyl halides is 3. The maximum atomic E-state index is 11.8. The Balaban J connectivity index is 3.35. The second-order valence-electron chi connectivity index (χ2n) is 3.13. The molecule has 0 heterocycles. The van der Waals surface area contributed by atoms with Crippen LogP contribution in [0.3, 0.4) is 0 Å². The van der Waals surface area contributed by atoms with Crippen molar-refractivity contribution in [1.82, 2.24) is 10.2 Å². The lowest BCUT2D eigenvalue weighted by molar-refractivity contribution is -0.137. The van der Waals surface area contributed by atoms with Crippen LogP contribution in [0.1, 0.15) is 12.8 Å². The molecule has 0 aliphatic heterocycles. The number of halogens is 3. The molecule has 0 radical (unpaired) electrons. The standard InChI is InChI=1S/C8H17F3N2/c1-12-5-3-6-13(2)7-4-8(9,10)11/h12H,3-7H2,1-2H3. The van der Waals surface area contributed by atoms with Gasteiger partial charge in [-0.25, -0.2) is 0 Å². The summed E-state index contributed by atoms with van der Waals surface area (Å²) in [5.41, 5.74) is 0. The second kappa shape index (κ2) is 6.21. The van der Waals surface area contributed by atoms with E-state index in [1.165, 1.54) is 0 Å². The fourth-order valence-corrected chi connectivity index (χ4v) is 0.955. The van der Waals surface area contributed by atoms with Crippen molar-refractivity contribution in [2.24, 2.45) is 0 Å². The lowest BCUT2D eigenvalue weighted by Crippen LogP contribution is -2.27. The van der Waals surface area contributed by atoms with Crippen molar-refractivity contribution in [1.29, 1.82) is 0 Å². The minimum atomic E-state index is -4.03.